The lowest BCUT2D eigenvalue weighted by Gasteiger charge is -2.34. The molecule has 0 saturated carbocycles. The summed E-state index contributed by atoms with van der Waals surface area (Å²) in [5.41, 5.74) is 0. The van der Waals surface area contributed by atoms with Gasteiger partial charge >= 0.3 is 0 Å². The van der Waals surface area contributed by atoms with E-state index in [9.17, 15) is 0 Å². The first-order valence-electron chi connectivity index (χ1n) is 5.50. The molecule has 0 bridgehead atoms. The first-order valence-corrected chi connectivity index (χ1v) is 6.65. The van der Waals surface area contributed by atoms with E-state index in [0.717, 1.165) is 19.6 Å². The molecule has 0 unspecified atom stereocenters. The maximum atomic E-state index is 8.80. The van der Waals surface area contributed by atoms with Crippen LogP contribution in [-0.2, 0) is 0 Å². The molecule has 1 rings (SSSR count). The van der Waals surface area contributed by atoms with E-state index in [-0.39, 0.29) is 0 Å². The Labute approximate surface area is 91.5 Å². The Morgan fingerprint density at radius 1 is 1.07 bits per heavy atom. The summed E-state index contributed by atoms with van der Waals surface area (Å²) in [4.78, 5) is 4.86. The number of rotatable bonds is 6. The molecule has 0 aromatic rings. The molecule has 0 spiro atoms. The van der Waals surface area contributed by atoms with Crippen molar-refractivity contribution in [2.75, 3.05) is 57.4 Å². The van der Waals surface area contributed by atoms with Crippen LogP contribution in [0.4, 0.5) is 0 Å². The highest BCUT2D eigenvalue weighted by molar-refractivity contribution is 7.99. The maximum absolute atomic E-state index is 8.80. The Hall–Kier alpha value is 0.230. The fourth-order valence-electron chi connectivity index (χ4n) is 1.72. The predicted molar refractivity (Wildman–Crippen MR) is 63.0 cm³/mol. The minimum absolute atomic E-state index is 0.297. The van der Waals surface area contributed by atoms with E-state index in [2.05, 4.69) is 16.7 Å². The number of aliphatic hydroxyl groups is 1. The summed E-state index contributed by atoms with van der Waals surface area (Å²) in [6, 6.07) is 0. The molecule has 3 nitrogen and oxygen atoms in total. The molecule has 1 N–H and O–H groups in total. The molecule has 0 aromatic heterocycles. The van der Waals surface area contributed by atoms with Crippen LogP contribution in [0.25, 0.3) is 0 Å². The molecule has 84 valence electrons. The lowest BCUT2D eigenvalue weighted by molar-refractivity contribution is 0.117. The molecule has 0 aromatic carbocycles. The van der Waals surface area contributed by atoms with Crippen LogP contribution in [0.2, 0.25) is 0 Å². The second-order valence-corrected chi connectivity index (χ2v) is 5.00. The molecule has 14 heavy (non-hydrogen) atoms. The molecule has 1 saturated heterocycles. The van der Waals surface area contributed by atoms with Crippen LogP contribution in [0.3, 0.4) is 0 Å². The summed E-state index contributed by atoms with van der Waals surface area (Å²) in [5.74, 6) is 2.49. The highest BCUT2D eigenvalue weighted by atomic mass is 32.2. The number of hydrogen-bond donors (Lipinski definition) is 1. The van der Waals surface area contributed by atoms with Crippen LogP contribution in [0, 0.1) is 0 Å². The number of piperazine rings is 1. The zero-order valence-corrected chi connectivity index (χ0v) is 9.93. The van der Waals surface area contributed by atoms with Gasteiger partial charge in [0.2, 0.25) is 0 Å². The minimum Gasteiger partial charge on any atom is -0.395 e. The van der Waals surface area contributed by atoms with Gasteiger partial charge in [-0.3, -0.25) is 9.80 Å². The van der Waals surface area contributed by atoms with Crippen LogP contribution in [0.5, 0.6) is 0 Å². The van der Waals surface area contributed by atoms with Crippen LogP contribution in [-0.4, -0.2) is 72.3 Å². The van der Waals surface area contributed by atoms with E-state index >= 15 is 0 Å². The molecule has 1 aliphatic heterocycles. The third-order valence-corrected chi connectivity index (χ3v) is 3.52. The Morgan fingerprint density at radius 3 is 2.14 bits per heavy atom. The van der Waals surface area contributed by atoms with Gasteiger partial charge in [-0.25, -0.2) is 0 Å². The molecule has 1 fully saturated rings. The van der Waals surface area contributed by atoms with Crippen molar-refractivity contribution in [2.45, 2.75) is 6.92 Å². The molecular formula is C10H22N2OS. The van der Waals surface area contributed by atoms with Crippen molar-refractivity contribution < 1.29 is 5.11 Å². The summed E-state index contributed by atoms with van der Waals surface area (Å²) in [5, 5.41) is 8.80. The smallest absolute Gasteiger partial charge is 0.0558 e. The third-order valence-electron chi connectivity index (χ3n) is 2.64. The van der Waals surface area contributed by atoms with Crippen molar-refractivity contribution in [2.24, 2.45) is 0 Å². The second kappa shape index (κ2) is 7.51. The van der Waals surface area contributed by atoms with Crippen molar-refractivity contribution in [1.82, 2.24) is 9.80 Å². The fraction of sp³-hybridized carbons (Fsp3) is 1.00. The summed E-state index contributed by atoms with van der Waals surface area (Å²) < 4.78 is 0. The Bertz CT molecular complexity index is 138. The van der Waals surface area contributed by atoms with Crippen LogP contribution < -0.4 is 0 Å². The van der Waals surface area contributed by atoms with E-state index in [0.29, 0.717) is 6.61 Å². The van der Waals surface area contributed by atoms with Gasteiger partial charge in [-0.05, 0) is 5.75 Å². The monoisotopic (exact) mass is 218 g/mol. The van der Waals surface area contributed by atoms with Gasteiger partial charge in [-0.1, -0.05) is 6.92 Å². The normalized spacial score (nSPS) is 20.1. The molecular weight excluding hydrogens is 196 g/mol. The van der Waals surface area contributed by atoms with E-state index in [1.54, 1.807) is 0 Å². The molecule has 0 amide bonds. The first-order chi connectivity index (χ1) is 6.86. The van der Waals surface area contributed by atoms with Gasteiger partial charge in [-0.15, -0.1) is 0 Å². The summed E-state index contributed by atoms with van der Waals surface area (Å²) >= 11 is 2.02. The second-order valence-electron chi connectivity index (χ2n) is 3.60. The lowest BCUT2D eigenvalue weighted by atomic mass is 10.3. The Morgan fingerprint density at radius 2 is 1.64 bits per heavy atom. The van der Waals surface area contributed by atoms with Crippen molar-refractivity contribution in [3.05, 3.63) is 0 Å². The number of β-amino-alcohol motifs (C(OH)–C–C–N with tert-alkyl or cyclic N) is 1. The number of hydrogen-bond acceptors (Lipinski definition) is 4. The van der Waals surface area contributed by atoms with Crippen LogP contribution >= 0.6 is 11.8 Å². The van der Waals surface area contributed by atoms with Crippen LogP contribution in [0.15, 0.2) is 0 Å². The fourth-order valence-corrected chi connectivity index (χ4v) is 2.39. The highest BCUT2D eigenvalue weighted by Crippen LogP contribution is 2.04. The molecule has 1 aliphatic rings. The lowest BCUT2D eigenvalue weighted by Crippen LogP contribution is -2.47. The van der Waals surface area contributed by atoms with Gasteiger partial charge in [-0.2, -0.15) is 11.8 Å². The maximum Gasteiger partial charge on any atom is 0.0558 e. The van der Waals surface area contributed by atoms with E-state index in [1.807, 2.05) is 11.8 Å². The van der Waals surface area contributed by atoms with Crippen molar-refractivity contribution in [3.8, 4) is 0 Å². The average Bonchev–Trinajstić information content (AvgIpc) is 2.21. The minimum atomic E-state index is 0.297. The number of nitrogens with zero attached hydrogens (tertiary/aromatic N) is 2. The quantitative estimate of drug-likeness (QED) is 0.651. The third kappa shape index (κ3) is 4.64. The highest BCUT2D eigenvalue weighted by Gasteiger charge is 2.15. The van der Waals surface area contributed by atoms with Crippen molar-refractivity contribution in [1.29, 1.82) is 0 Å². The van der Waals surface area contributed by atoms with Gasteiger partial charge in [0, 0.05) is 45.0 Å². The largest absolute Gasteiger partial charge is 0.395 e. The summed E-state index contributed by atoms with van der Waals surface area (Å²) in [6.07, 6.45) is 0. The molecule has 0 aliphatic carbocycles. The standard InChI is InChI=1S/C10H22N2OS/c1-2-14-10-8-12-5-3-11(4-6-12)7-9-13/h13H,2-10H2,1H3. The SMILES string of the molecule is CCSCCN1CCN(CCO)CC1. The molecule has 1 heterocycles. The van der Waals surface area contributed by atoms with Gasteiger partial charge < -0.3 is 5.11 Å². The topological polar surface area (TPSA) is 26.7 Å². The van der Waals surface area contributed by atoms with E-state index < -0.39 is 0 Å². The summed E-state index contributed by atoms with van der Waals surface area (Å²) in [7, 11) is 0. The van der Waals surface area contributed by atoms with Gasteiger partial charge in [0.1, 0.15) is 0 Å². The Balaban J connectivity index is 2.03. The van der Waals surface area contributed by atoms with Gasteiger partial charge in [0.05, 0.1) is 6.61 Å². The van der Waals surface area contributed by atoms with Crippen molar-refractivity contribution in [3.63, 3.8) is 0 Å². The Kier molecular flexibility index (Phi) is 6.60. The predicted octanol–water partition coefficient (Wildman–Crippen LogP) is 0.349. The molecule has 4 heteroatoms. The number of thioether (sulfide) groups is 1. The summed E-state index contributed by atoms with van der Waals surface area (Å²) in [6.45, 7) is 9.17. The molecule has 0 atom stereocenters. The van der Waals surface area contributed by atoms with Gasteiger partial charge in [0.25, 0.3) is 0 Å². The van der Waals surface area contributed by atoms with Crippen molar-refractivity contribution >= 4 is 11.8 Å². The number of aliphatic hydroxyl groups excluding tert-OH is 1. The average molecular weight is 218 g/mol. The van der Waals surface area contributed by atoms with Gasteiger partial charge in [0.15, 0.2) is 0 Å². The molecule has 0 radical (unpaired) electrons. The zero-order chi connectivity index (χ0) is 10.2. The zero-order valence-electron chi connectivity index (χ0n) is 9.11. The van der Waals surface area contributed by atoms with E-state index in [1.165, 1.54) is 31.1 Å². The first kappa shape index (κ1) is 12.3. The van der Waals surface area contributed by atoms with E-state index in [4.69, 9.17) is 5.11 Å². The van der Waals surface area contributed by atoms with Crippen LogP contribution in [0.1, 0.15) is 6.92 Å².